The summed E-state index contributed by atoms with van der Waals surface area (Å²) in [6.07, 6.45) is 2.50. The van der Waals surface area contributed by atoms with Crippen LogP contribution in [0.5, 0.6) is 0 Å². The van der Waals surface area contributed by atoms with E-state index in [1.165, 1.54) is 6.42 Å². The summed E-state index contributed by atoms with van der Waals surface area (Å²) in [6.45, 7) is 5.30. The first-order valence-corrected chi connectivity index (χ1v) is 9.39. The van der Waals surface area contributed by atoms with Crippen molar-refractivity contribution in [1.29, 1.82) is 0 Å². The summed E-state index contributed by atoms with van der Waals surface area (Å²) in [4.78, 5) is 26.4. The van der Waals surface area contributed by atoms with E-state index < -0.39 is 0 Å². The molecule has 2 amide bonds. The van der Waals surface area contributed by atoms with Crippen molar-refractivity contribution in [2.45, 2.75) is 26.2 Å². The number of nitrogens with zero attached hydrogens (tertiary/aromatic N) is 1. The summed E-state index contributed by atoms with van der Waals surface area (Å²) in [5, 5.41) is 6.35. The molecule has 24 heavy (non-hydrogen) atoms. The third kappa shape index (κ3) is 3.98. The molecule has 2 N–H and O–H groups in total. The van der Waals surface area contributed by atoms with Crippen molar-refractivity contribution in [3.8, 4) is 0 Å². The molecule has 5 nitrogen and oxygen atoms in total. The molecule has 2 saturated heterocycles. The van der Waals surface area contributed by atoms with Gasteiger partial charge in [-0.15, -0.1) is 0 Å². The van der Waals surface area contributed by atoms with Crippen LogP contribution in [0.4, 0.5) is 5.69 Å². The highest BCUT2D eigenvalue weighted by Crippen LogP contribution is 2.28. The zero-order valence-corrected chi connectivity index (χ0v) is 15.6. The Morgan fingerprint density at radius 2 is 2.29 bits per heavy atom. The molecule has 3 rings (SSSR count). The van der Waals surface area contributed by atoms with Crippen molar-refractivity contribution in [3.05, 3.63) is 28.2 Å². The number of halogens is 1. The number of aryl methyl sites for hydroxylation is 1. The molecule has 0 aliphatic carbocycles. The number of carbonyl (C=O) groups is 2. The second-order valence-corrected chi connectivity index (χ2v) is 7.63. The van der Waals surface area contributed by atoms with Crippen LogP contribution in [0.2, 0.25) is 0 Å². The highest BCUT2D eigenvalue weighted by Gasteiger charge is 2.35. The third-order valence-corrected chi connectivity index (χ3v) is 5.85. The van der Waals surface area contributed by atoms with Crippen molar-refractivity contribution in [1.82, 2.24) is 10.6 Å². The average Bonchev–Trinajstić information content (AvgIpc) is 3.20. The number of anilines is 1. The molecule has 130 valence electrons. The monoisotopic (exact) mass is 393 g/mol. The molecule has 2 heterocycles. The number of carbonyl (C=O) groups excluding carboxylic acids is 2. The minimum atomic E-state index is -0.247. The number of hydrogen-bond acceptors (Lipinski definition) is 3. The van der Waals surface area contributed by atoms with E-state index in [1.807, 2.05) is 25.1 Å². The van der Waals surface area contributed by atoms with Crippen molar-refractivity contribution >= 4 is 33.4 Å². The van der Waals surface area contributed by atoms with Crippen LogP contribution in [0.15, 0.2) is 22.7 Å². The maximum Gasteiger partial charge on any atom is 0.227 e. The van der Waals surface area contributed by atoms with Crippen molar-refractivity contribution in [2.24, 2.45) is 11.8 Å². The smallest absolute Gasteiger partial charge is 0.227 e. The first-order valence-electron chi connectivity index (χ1n) is 8.59. The van der Waals surface area contributed by atoms with Gasteiger partial charge in [-0.1, -0.05) is 15.9 Å². The number of rotatable bonds is 5. The molecule has 1 aromatic rings. The maximum absolute atomic E-state index is 12.3. The minimum Gasteiger partial charge on any atom is -0.356 e. The highest BCUT2D eigenvalue weighted by atomic mass is 79.9. The van der Waals surface area contributed by atoms with Gasteiger partial charge in [0, 0.05) is 29.7 Å². The first-order chi connectivity index (χ1) is 11.5. The van der Waals surface area contributed by atoms with Gasteiger partial charge in [-0.2, -0.15) is 0 Å². The molecule has 2 aliphatic heterocycles. The average molecular weight is 394 g/mol. The van der Waals surface area contributed by atoms with Crippen LogP contribution in [0.1, 0.15) is 24.8 Å². The summed E-state index contributed by atoms with van der Waals surface area (Å²) >= 11 is 3.47. The lowest BCUT2D eigenvalue weighted by Crippen LogP contribution is -2.34. The van der Waals surface area contributed by atoms with E-state index in [0.29, 0.717) is 25.4 Å². The molecule has 2 atom stereocenters. The zero-order chi connectivity index (χ0) is 17.1. The Balaban J connectivity index is 1.53. The van der Waals surface area contributed by atoms with Crippen LogP contribution in [-0.4, -0.2) is 38.0 Å². The van der Waals surface area contributed by atoms with Gasteiger partial charge in [-0.3, -0.25) is 9.59 Å². The summed E-state index contributed by atoms with van der Waals surface area (Å²) in [5.41, 5.74) is 1.95. The lowest BCUT2D eigenvalue weighted by Gasteiger charge is -2.18. The van der Waals surface area contributed by atoms with Crippen LogP contribution < -0.4 is 15.5 Å². The molecule has 2 fully saturated rings. The van der Waals surface area contributed by atoms with E-state index in [2.05, 4.69) is 26.6 Å². The number of nitrogens with one attached hydrogen (secondary N) is 2. The van der Waals surface area contributed by atoms with Gasteiger partial charge in [0.25, 0.3) is 0 Å². The molecule has 0 saturated carbocycles. The van der Waals surface area contributed by atoms with Crippen molar-refractivity contribution in [2.75, 3.05) is 31.1 Å². The third-order valence-electron chi connectivity index (χ3n) is 4.96. The fraction of sp³-hybridized carbons (Fsp3) is 0.556. The summed E-state index contributed by atoms with van der Waals surface area (Å²) in [7, 11) is 0. The van der Waals surface area contributed by atoms with E-state index in [4.69, 9.17) is 0 Å². The largest absolute Gasteiger partial charge is 0.356 e. The predicted molar refractivity (Wildman–Crippen MR) is 97.9 cm³/mol. The van der Waals surface area contributed by atoms with Gasteiger partial charge in [-0.05, 0) is 62.5 Å². The Labute approximate surface area is 151 Å². The normalized spacial score (nSPS) is 23.8. The van der Waals surface area contributed by atoms with E-state index in [9.17, 15) is 9.59 Å². The van der Waals surface area contributed by atoms with Gasteiger partial charge in [0.15, 0.2) is 0 Å². The lowest BCUT2D eigenvalue weighted by molar-refractivity contribution is -0.126. The van der Waals surface area contributed by atoms with E-state index in [0.717, 1.165) is 35.2 Å². The molecule has 2 unspecified atom stereocenters. The SMILES string of the molecule is Cc1cc(N2CC(C(=O)NCCC3CCNC3)CC2=O)ccc1Br. The number of hydrogen-bond donors (Lipinski definition) is 2. The van der Waals surface area contributed by atoms with Gasteiger partial charge >= 0.3 is 0 Å². The van der Waals surface area contributed by atoms with Crippen LogP contribution in [0.3, 0.4) is 0 Å². The van der Waals surface area contributed by atoms with E-state index in [1.54, 1.807) is 4.90 Å². The van der Waals surface area contributed by atoms with E-state index >= 15 is 0 Å². The van der Waals surface area contributed by atoms with Crippen LogP contribution in [0.25, 0.3) is 0 Å². The first kappa shape index (κ1) is 17.4. The van der Waals surface area contributed by atoms with Gasteiger partial charge in [0.1, 0.15) is 0 Å². The van der Waals surface area contributed by atoms with Gasteiger partial charge in [0.2, 0.25) is 11.8 Å². The molecule has 1 aromatic carbocycles. The summed E-state index contributed by atoms with van der Waals surface area (Å²) in [6, 6.07) is 5.85. The molecule has 0 spiro atoms. The molecule has 2 aliphatic rings. The summed E-state index contributed by atoms with van der Waals surface area (Å²) < 4.78 is 1.02. The molecule has 0 radical (unpaired) electrons. The Bertz CT molecular complexity index is 629. The fourth-order valence-corrected chi connectivity index (χ4v) is 3.68. The molecule has 0 aromatic heterocycles. The topological polar surface area (TPSA) is 61.4 Å². The van der Waals surface area contributed by atoms with Crippen LogP contribution in [-0.2, 0) is 9.59 Å². The minimum absolute atomic E-state index is 0.00522. The zero-order valence-electron chi connectivity index (χ0n) is 14.0. The lowest BCUT2D eigenvalue weighted by atomic mass is 10.0. The quantitative estimate of drug-likeness (QED) is 0.805. The second-order valence-electron chi connectivity index (χ2n) is 6.78. The van der Waals surface area contributed by atoms with Crippen molar-refractivity contribution in [3.63, 3.8) is 0 Å². The predicted octanol–water partition coefficient (Wildman–Crippen LogP) is 2.23. The van der Waals surface area contributed by atoms with Gasteiger partial charge < -0.3 is 15.5 Å². The number of benzene rings is 1. The van der Waals surface area contributed by atoms with Crippen molar-refractivity contribution < 1.29 is 9.59 Å². The molecular formula is C18H24BrN3O2. The van der Waals surface area contributed by atoms with E-state index in [-0.39, 0.29) is 17.7 Å². The Morgan fingerprint density at radius 1 is 1.46 bits per heavy atom. The summed E-state index contributed by atoms with van der Waals surface area (Å²) in [5.74, 6) is 0.448. The Kier molecular flexibility index (Phi) is 5.56. The van der Waals surface area contributed by atoms with Gasteiger partial charge in [0.05, 0.1) is 5.92 Å². The van der Waals surface area contributed by atoms with Crippen LogP contribution in [0, 0.1) is 18.8 Å². The standard InChI is InChI=1S/C18H24BrN3O2/c1-12-8-15(2-3-16(12)19)22-11-14(9-17(22)23)18(24)21-7-5-13-4-6-20-10-13/h2-3,8,13-14,20H,4-7,9-11H2,1H3,(H,21,24). The molecular weight excluding hydrogens is 370 g/mol. The second kappa shape index (κ2) is 7.66. The van der Waals surface area contributed by atoms with Crippen LogP contribution >= 0.6 is 15.9 Å². The molecule has 0 bridgehead atoms. The molecule has 6 heteroatoms. The number of amides is 2. The van der Waals surface area contributed by atoms with Gasteiger partial charge in [-0.25, -0.2) is 0 Å². The highest BCUT2D eigenvalue weighted by molar-refractivity contribution is 9.10. The Morgan fingerprint density at radius 3 is 3.00 bits per heavy atom. The maximum atomic E-state index is 12.3. The Hall–Kier alpha value is -1.40. The fourth-order valence-electron chi connectivity index (χ4n) is 3.43.